The molecule has 1 saturated carbocycles. The van der Waals surface area contributed by atoms with Crippen LogP contribution in [0.4, 0.5) is 0 Å². The van der Waals surface area contributed by atoms with Gasteiger partial charge in [-0.25, -0.2) is 0 Å². The third-order valence-corrected chi connectivity index (χ3v) is 3.51. The van der Waals surface area contributed by atoms with Crippen molar-refractivity contribution in [2.24, 2.45) is 5.41 Å². The quantitative estimate of drug-likeness (QED) is 0.855. The molecule has 0 bridgehead atoms. The highest BCUT2D eigenvalue weighted by molar-refractivity contribution is 5.92. The van der Waals surface area contributed by atoms with Crippen LogP contribution in [0.1, 0.15) is 62.2 Å². The standard InChI is InChI=1S/C14H22N2O3/c1-14(2,3)12(6-7-17)15-13(18)10-8-11(19-16-10)9-4-5-9/h8-9,12,17H,4-7H2,1-3H3,(H,15,18). The summed E-state index contributed by atoms with van der Waals surface area (Å²) in [6, 6.07) is 1.64. The molecule has 1 aliphatic rings. The SMILES string of the molecule is CC(C)(C)C(CCO)NC(=O)c1cc(C2CC2)on1. The Morgan fingerprint density at radius 2 is 2.26 bits per heavy atom. The molecule has 1 amide bonds. The van der Waals surface area contributed by atoms with E-state index in [1.54, 1.807) is 6.07 Å². The van der Waals surface area contributed by atoms with Crippen LogP contribution in [-0.4, -0.2) is 28.8 Å². The first-order valence-electron chi connectivity index (χ1n) is 6.80. The summed E-state index contributed by atoms with van der Waals surface area (Å²) in [7, 11) is 0. The fourth-order valence-corrected chi connectivity index (χ4v) is 2.04. The van der Waals surface area contributed by atoms with Gasteiger partial charge in [0.05, 0.1) is 0 Å². The second kappa shape index (κ2) is 5.33. The summed E-state index contributed by atoms with van der Waals surface area (Å²) in [5.74, 6) is 1.02. The van der Waals surface area contributed by atoms with Gasteiger partial charge in [-0.2, -0.15) is 0 Å². The lowest BCUT2D eigenvalue weighted by Gasteiger charge is -2.30. The van der Waals surface area contributed by atoms with Crippen molar-refractivity contribution in [3.05, 3.63) is 17.5 Å². The van der Waals surface area contributed by atoms with Gasteiger partial charge in [0.1, 0.15) is 5.76 Å². The molecule has 1 aromatic rings. The maximum atomic E-state index is 12.1. The molecule has 1 unspecified atom stereocenters. The van der Waals surface area contributed by atoms with E-state index in [0.717, 1.165) is 18.6 Å². The summed E-state index contributed by atoms with van der Waals surface area (Å²) in [6.07, 6.45) is 2.76. The maximum absolute atomic E-state index is 12.1. The predicted octanol–water partition coefficient (Wildman–Crippen LogP) is 2.08. The summed E-state index contributed by atoms with van der Waals surface area (Å²) >= 11 is 0. The monoisotopic (exact) mass is 266 g/mol. The lowest BCUT2D eigenvalue weighted by Crippen LogP contribution is -2.44. The highest BCUT2D eigenvalue weighted by Gasteiger charge is 2.30. The van der Waals surface area contributed by atoms with Gasteiger partial charge in [0.25, 0.3) is 5.91 Å². The molecule has 1 heterocycles. The maximum Gasteiger partial charge on any atom is 0.273 e. The van der Waals surface area contributed by atoms with Crippen LogP contribution in [-0.2, 0) is 0 Å². The molecule has 5 nitrogen and oxygen atoms in total. The fraction of sp³-hybridized carbons (Fsp3) is 0.714. The van der Waals surface area contributed by atoms with Gasteiger partial charge in [-0.1, -0.05) is 25.9 Å². The van der Waals surface area contributed by atoms with Gasteiger partial charge in [-0.15, -0.1) is 0 Å². The molecule has 2 N–H and O–H groups in total. The molecule has 1 atom stereocenters. The highest BCUT2D eigenvalue weighted by atomic mass is 16.5. The van der Waals surface area contributed by atoms with E-state index in [1.807, 2.05) is 20.8 Å². The van der Waals surface area contributed by atoms with E-state index in [-0.39, 0.29) is 24.0 Å². The van der Waals surface area contributed by atoms with Gasteiger partial charge < -0.3 is 14.9 Å². The van der Waals surface area contributed by atoms with E-state index in [2.05, 4.69) is 10.5 Å². The van der Waals surface area contributed by atoms with E-state index in [4.69, 9.17) is 9.63 Å². The Balaban J connectivity index is 2.01. The minimum absolute atomic E-state index is 0.0500. The van der Waals surface area contributed by atoms with E-state index < -0.39 is 0 Å². The zero-order valence-electron chi connectivity index (χ0n) is 11.8. The molecule has 106 valence electrons. The number of aromatic nitrogens is 1. The molecular formula is C14H22N2O3. The van der Waals surface area contributed by atoms with Gasteiger partial charge in [0.2, 0.25) is 0 Å². The normalized spacial score (nSPS) is 17.3. The molecule has 1 aliphatic carbocycles. The van der Waals surface area contributed by atoms with Crippen molar-refractivity contribution in [1.82, 2.24) is 10.5 Å². The zero-order chi connectivity index (χ0) is 14.0. The summed E-state index contributed by atoms with van der Waals surface area (Å²) < 4.78 is 5.18. The van der Waals surface area contributed by atoms with Crippen LogP contribution in [0.25, 0.3) is 0 Å². The van der Waals surface area contributed by atoms with Crippen molar-refractivity contribution < 1.29 is 14.4 Å². The lowest BCUT2D eigenvalue weighted by atomic mass is 9.85. The molecule has 2 rings (SSSR count). The van der Waals surface area contributed by atoms with Gasteiger partial charge in [0, 0.05) is 24.6 Å². The Morgan fingerprint density at radius 1 is 1.58 bits per heavy atom. The molecular weight excluding hydrogens is 244 g/mol. The lowest BCUT2D eigenvalue weighted by molar-refractivity contribution is 0.0876. The van der Waals surface area contributed by atoms with E-state index >= 15 is 0 Å². The van der Waals surface area contributed by atoms with Crippen LogP contribution >= 0.6 is 0 Å². The number of nitrogens with one attached hydrogen (secondary N) is 1. The van der Waals surface area contributed by atoms with E-state index in [0.29, 0.717) is 18.0 Å². The first-order chi connectivity index (χ1) is 8.91. The Bertz CT molecular complexity index is 444. The zero-order valence-corrected chi connectivity index (χ0v) is 11.8. The van der Waals surface area contributed by atoms with Gasteiger partial charge in [-0.05, 0) is 24.7 Å². The van der Waals surface area contributed by atoms with Crippen molar-refractivity contribution in [1.29, 1.82) is 0 Å². The molecule has 0 radical (unpaired) electrons. The van der Waals surface area contributed by atoms with Crippen molar-refractivity contribution in [3.63, 3.8) is 0 Å². The number of hydrogen-bond donors (Lipinski definition) is 2. The second-order valence-corrected chi connectivity index (χ2v) is 6.29. The van der Waals surface area contributed by atoms with E-state index in [1.165, 1.54) is 0 Å². The van der Waals surface area contributed by atoms with Crippen molar-refractivity contribution in [2.75, 3.05) is 6.61 Å². The Morgan fingerprint density at radius 3 is 2.79 bits per heavy atom. The van der Waals surface area contributed by atoms with Crippen LogP contribution < -0.4 is 5.32 Å². The molecule has 19 heavy (non-hydrogen) atoms. The molecule has 0 aliphatic heterocycles. The van der Waals surface area contributed by atoms with Crippen LogP contribution in [0.5, 0.6) is 0 Å². The number of aliphatic hydroxyl groups excluding tert-OH is 1. The minimum Gasteiger partial charge on any atom is -0.396 e. The Hall–Kier alpha value is -1.36. The summed E-state index contributed by atoms with van der Waals surface area (Å²) in [5.41, 5.74) is 0.218. The number of nitrogens with zero attached hydrogens (tertiary/aromatic N) is 1. The van der Waals surface area contributed by atoms with Crippen molar-refractivity contribution >= 4 is 5.91 Å². The molecule has 5 heteroatoms. The third kappa shape index (κ3) is 3.56. The predicted molar refractivity (Wildman–Crippen MR) is 70.9 cm³/mol. The Kier molecular flexibility index (Phi) is 3.94. The summed E-state index contributed by atoms with van der Waals surface area (Å²) in [5, 5.41) is 15.8. The highest BCUT2D eigenvalue weighted by Crippen LogP contribution is 2.40. The number of carbonyl (C=O) groups excluding carboxylic acids is 1. The van der Waals surface area contributed by atoms with Crippen LogP contribution in [0.3, 0.4) is 0 Å². The molecule has 1 fully saturated rings. The number of rotatable bonds is 5. The van der Waals surface area contributed by atoms with Crippen LogP contribution in [0, 0.1) is 5.41 Å². The molecule has 0 aromatic carbocycles. The largest absolute Gasteiger partial charge is 0.396 e. The average molecular weight is 266 g/mol. The molecule has 0 saturated heterocycles. The fourth-order valence-electron chi connectivity index (χ4n) is 2.04. The summed E-state index contributed by atoms with van der Waals surface area (Å²) in [6.45, 7) is 6.15. The van der Waals surface area contributed by atoms with E-state index in [9.17, 15) is 4.79 Å². The first-order valence-corrected chi connectivity index (χ1v) is 6.80. The number of hydrogen-bond acceptors (Lipinski definition) is 4. The van der Waals surface area contributed by atoms with Gasteiger partial charge in [-0.3, -0.25) is 4.79 Å². The average Bonchev–Trinajstić information content (AvgIpc) is 3.05. The second-order valence-electron chi connectivity index (χ2n) is 6.29. The number of aliphatic hydroxyl groups is 1. The molecule has 1 aromatic heterocycles. The van der Waals surface area contributed by atoms with Crippen molar-refractivity contribution in [3.8, 4) is 0 Å². The smallest absolute Gasteiger partial charge is 0.273 e. The molecule has 0 spiro atoms. The number of carbonyl (C=O) groups is 1. The van der Waals surface area contributed by atoms with Crippen molar-refractivity contribution in [2.45, 2.75) is 52.0 Å². The van der Waals surface area contributed by atoms with Crippen LogP contribution in [0.2, 0.25) is 0 Å². The van der Waals surface area contributed by atoms with Crippen LogP contribution in [0.15, 0.2) is 10.6 Å². The van der Waals surface area contributed by atoms with Gasteiger partial charge in [0.15, 0.2) is 5.69 Å². The topological polar surface area (TPSA) is 75.4 Å². The summed E-state index contributed by atoms with van der Waals surface area (Å²) in [4.78, 5) is 12.1. The van der Waals surface area contributed by atoms with Gasteiger partial charge >= 0.3 is 0 Å². The minimum atomic E-state index is -0.232. The Labute approximate surface area is 113 Å². The first kappa shape index (κ1) is 14.1. The number of amides is 1. The third-order valence-electron chi connectivity index (χ3n) is 3.51.